The first-order valence-corrected chi connectivity index (χ1v) is 36.4. The molecule has 0 amide bonds. The molecule has 0 saturated heterocycles. The van der Waals surface area contributed by atoms with Gasteiger partial charge in [-0.2, -0.15) is 0 Å². The molecule has 1 unspecified atom stereocenters. The van der Waals surface area contributed by atoms with Crippen LogP contribution in [0.5, 0.6) is 0 Å². The van der Waals surface area contributed by atoms with E-state index >= 15 is 0 Å². The van der Waals surface area contributed by atoms with Crippen LogP contribution in [-0.4, -0.2) is 37.2 Å². The topological polar surface area (TPSA) is 78.9 Å². The minimum atomic E-state index is -0.775. The van der Waals surface area contributed by atoms with E-state index in [9.17, 15) is 14.4 Å². The maximum absolute atomic E-state index is 13.0. The standard InChI is InChI=1S/C77H138O6/c1-4-7-10-13-16-19-22-25-27-29-31-33-35-37-38-39-40-41-43-44-46-48-50-52-55-58-61-64-67-70-76(79)82-73-74(72-81-75(78)69-66-63-60-57-54-24-21-18-15-12-9-6-3)83-77(80)71-68-65-62-59-56-53-51-49-47-45-42-36-34-32-30-28-26-23-20-17-14-11-8-5-2/h7,10,16,19,25,27,31,33,37-38,40-41,74H,4-6,8-9,11-15,17-18,20-24,26,28-30,32,34-36,39,42-73H2,1-3H3/b10-7-,19-16-,27-25-,33-31-,38-37-,41-40-. The summed E-state index contributed by atoms with van der Waals surface area (Å²) < 4.78 is 17.0. The first kappa shape index (κ1) is 79.8. The molecule has 6 nitrogen and oxygen atoms in total. The summed E-state index contributed by atoms with van der Waals surface area (Å²) in [6, 6.07) is 0. The Bertz CT molecular complexity index is 1520. The molecule has 0 aliphatic rings. The highest BCUT2D eigenvalue weighted by Crippen LogP contribution is 2.18. The van der Waals surface area contributed by atoms with Crippen molar-refractivity contribution in [3.8, 4) is 0 Å². The second kappa shape index (κ2) is 71.3. The van der Waals surface area contributed by atoms with E-state index in [1.165, 1.54) is 244 Å². The third-order valence-electron chi connectivity index (χ3n) is 16.2. The van der Waals surface area contributed by atoms with Crippen molar-refractivity contribution < 1.29 is 28.6 Å². The molecular formula is C77H138O6. The quantitative estimate of drug-likeness (QED) is 0.0261. The minimum absolute atomic E-state index is 0.0704. The molecule has 6 heteroatoms. The van der Waals surface area contributed by atoms with Crippen LogP contribution in [0.2, 0.25) is 0 Å². The molecule has 83 heavy (non-hydrogen) atoms. The zero-order chi connectivity index (χ0) is 59.9. The maximum Gasteiger partial charge on any atom is 0.306 e. The highest BCUT2D eigenvalue weighted by molar-refractivity contribution is 5.71. The van der Waals surface area contributed by atoms with Gasteiger partial charge in [0.1, 0.15) is 13.2 Å². The molecular weight excluding hydrogens is 1020 g/mol. The summed E-state index contributed by atoms with van der Waals surface area (Å²) in [4.78, 5) is 38.4. The van der Waals surface area contributed by atoms with Gasteiger partial charge in [-0.05, 0) is 70.6 Å². The molecule has 0 N–H and O–H groups in total. The van der Waals surface area contributed by atoms with E-state index in [4.69, 9.17) is 14.2 Å². The number of hydrogen-bond donors (Lipinski definition) is 0. The molecule has 482 valence electrons. The van der Waals surface area contributed by atoms with Gasteiger partial charge in [0.15, 0.2) is 6.10 Å². The lowest BCUT2D eigenvalue weighted by Gasteiger charge is -2.18. The number of unbranched alkanes of at least 4 members (excludes halogenated alkanes) is 44. The lowest BCUT2D eigenvalue weighted by molar-refractivity contribution is -0.167. The van der Waals surface area contributed by atoms with Gasteiger partial charge >= 0.3 is 17.9 Å². The number of allylic oxidation sites excluding steroid dienone is 12. The monoisotopic (exact) mass is 1160 g/mol. The molecule has 0 spiro atoms. The molecule has 0 aliphatic carbocycles. The lowest BCUT2D eigenvalue weighted by atomic mass is 10.0. The van der Waals surface area contributed by atoms with Crippen molar-refractivity contribution in [1.82, 2.24) is 0 Å². The van der Waals surface area contributed by atoms with Crippen LogP contribution in [0.3, 0.4) is 0 Å². The van der Waals surface area contributed by atoms with Gasteiger partial charge in [0.2, 0.25) is 0 Å². The molecule has 0 aromatic rings. The molecule has 0 radical (unpaired) electrons. The largest absolute Gasteiger partial charge is 0.462 e. The smallest absolute Gasteiger partial charge is 0.306 e. The second-order valence-electron chi connectivity index (χ2n) is 24.5. The van der Waals surface area contributed by atoms with Gasteiger partial charge in [0.05, 0.1) is 0 Å². The van der Waals surface area contributed by atoms with Gasteiger partial charge in [-0.15, -0.1) is 0 Å². The Balaban J connectivity index is 4.22. The van der Waals surface area contributed by atoms with Gasteiger partial charge in [-0.25, -0.2) is 0 Å². The Morgan fingerprint density at radius 1 is 0.253 bits per heavy atom. The number of carbonyl (C=O) groups is 3. The third-order valence-corrected chi connectivity index (χ3v) is 16.2. The third kappa shape index (κ3) is 69.5. The average Bonchev–Trinajstić information content (AvgIpc) is 3.49. The van der Waals surface area contributed by atoms with E-state index in [2.05, 4.69) is 93.7 Å². The molecule has 0 rings (SSSR count). The van der Waals surface area contributed by atoms with Crippen LogP contribution in [0.1, 0.15) is 380 Å². The molecule has 0 saturated carbocycles. The summed E-state index contributed by atoms with van der Waals surface area (Å²) in [5.74, 6) is -0.850. The van der Waals surface area contributed by atoms with Crippen molar-refractivity contribution in [3.05, 3.63) is 72.9 Å². The predicted octanol–water partition coefficient (Wildman–Crippen LogP) is 25.2. The van der Waals surface area contributed by atoms with E-state index < -0.39 is 6.10 Å². The normalized spacial score (nSPS) is 12.5. The van der Waals surface area contributed by atoms with Crippen LogP contribution >= 0.6 is 0 Å². The maximum atomic E-state index is 13.0. The van der Waals surface area contributed by atoms with Crippen LogP contribution in [0.4, 0.5) is 0 Å². The average molecular weight is 1160 g/mol. The van der Waals surface area contributed by atoms with Crippen LogP contribution < -0.4 is 0 Å². The molecule has 0 aromatic heterocycles. The van der Waals surface area contributed by atoms with Crippen LogP contribution in [0.25, 0.3) is 0 Å². The number of esters is 3. The molecule has 0 aliphatic heterocycles. The van der Waals surface area contributed by atoms with Gasteiger partial charge in [-0.3, -0.25) is 14.4 Å². The highest BCUT2D eigenvalue weighted by atomic mass is 16.6. The SMILES string of the molecule is CC/C=C\C/C=C\C/C=C\C/C=C\C/C=C\C/C=C\CCCCCCCCCCCCC(=O)OCC(COC(=O)CCCCCCCCCCCCCC)OC(=O)CCCCCCCCCCCCCCCCCCCCCCCCCC. The zero-order valence-corrected chi connectivity index (χ0v) is 55.5. The van der Waals surface area contributed by atoms with E-state index in [0.717, 1.165) is 96.3 Å². The zero-order valence-electron chi connectivity index (χ0n) is 55.5. The lowest BCUT2D eigenvalue weighted by Crippen LogP contribution is -2.30. The number of carbonyl (C=O) groups excluding carboxylic acids is 3. The first-order chi connectivity index (χ1) is 41.0. The van der Waals surface area contributed by atoms with Crippen LogP contribution in [0.15, 0.2) is 72.9 Å². The minimum Gasteiger partial charge on any atom is -0.462 e. The summed E-state index contributed by atoms with van der Waals surface area (Å²) in [5, 5.41) is 0. The van der Waals surface area contributed by atoms with E-state index in [1.54, 1.807) is 0 Å². The number of rotatable bonds is 67. The molecule has 0 fully saturated rings. The van der Waals surface area contributed by atoms with Crippen LogP contribution in [-0.2, 0) is 28.6 Å². The van der Waals surface area contributed by atoms with E-state index in [-0.39, 0.29) is 31.1 Å². The molecule has 1 atom stereocenters. The Kier molecular flexibility index (Phi) is 68.6. The highest BCUT2D eigenvalue weighted by Gasteiger charge is 2.19. The van der Waals surface area contributed by atoms with Crippen molar-refractivity contribution in [2.45, 2.75) is 386 Å². The van der Waals surface area contributed by atoms with Gasteiger partial charge < -0.3 is 14.2 Å². The fraction of sp³-hybridized carbons (Fsp3) is 0.805. The Hall–Kier alpha value is -3.15. The van der Waals surface area contributed by atoms with Crippen molar-refractivity contribution in [2.75, 3.05) is 13.2 Å². The number of hydrogen-bond acceptors (Lipinski definition) is 6. The summed E-state index contributed by atoms with van der Waals surface area (Å²) >= 11 is 0. The van der Waals surface area contributed by atoms with Crippen molar-refractivity contribution in [2.24, 2.45) is 0 Å². The Morgan fingerprint density at radius 2 is 0.470 bits per heavy atom. The first-order valence-electron chi connectivity index (χ1n) is 36.4. The fourth-order valence-corrected chi connectivity index (χ4v) is 10.8. The Labute approximate surface area is 516 Å². The summed E-state index contributed by atoms with van der Waals surface area (Å²) in [7, 11) is 0. The second-order valence-corrected chi connectivity index (χ2v) is 24.5. The van der Waals surface area contributed by atoms with Crippen molar-refractivity contribution in [3.63, 3.8) is 0 Å². The molecule has 0 heterocycles. The summed E-state index contributed by atoms with van der Waals surface area (Å²) in [5.41, 5.74) is 0. The summed E-state index contributed by atoms with van der Waals surface area (Å²) in [6.45, 7) is 6.58. The van der Waals surface area contributed by atoms with Gasteiger partial charge in [0, 0.05) is 19.3 Å². The molecule has 0 bridgehead atoms. The van der Waals surface area contributed by atoms with E-state index in [1.807, 2.05) is 0 Å². The number of ether oxygens (including phenoxy) is 3. The summed E-state index contributed by atoms with van der Waals surface area (Å²) in [6.07, 6.45) is 93.7. The van der Waals surface area contributed by atoms with Crippen molar-refractivity contribution >= 4 is 17.9 Å². The Morgan fingerprint density at radius 3 is 0.735 bits per heavy atom. The molecule has 0 aromatic carbocycles. The fourth-order valence-electron chi connectivity index (χ4n) is 10.8. The van der Waals surface area contributed by atoms with Crippen LogP contribution in [0, 0.1) is 0 Å². The van der Waals surface area contributed by atoms with E-state index in [0.29, 0.717) is 19.3 Å². The van der Waals surface area contributed by atoms with Gasteiger partial charge in [-0.1, -0.05) is 363 Å². The predicted molar refractivity (Wildman–Crippen MR) is 362 cm³/mol. The van der Waals surface area contributed by atoms with Gasteiger partial charge in [0.25, 0.3) is 0 Å². The van der Waals surface area contributed by atoms with Crippen molar-refractivity contribution in [1.29, 1.82) is 0 Å².